The standard InChI is InChI=1S/C29H27N5O2/c1-2-5-19(6-3-1)16-34-13-4-7-21(17-34)29-33-32-28(36-29)20-9-11-26-25(15-20)27(31-30-26)24-10-8-22-18-35-14-12-23(22)24/h1-3,5-6,9,11-12,14-15,18,21H,4,7-8,10,13,16-17H2,(H,30,31). The minimum Gasteiger partial charge on any atom is -0.472 e. The van der Waals surface area contributed by atoms with Gasteiger partial charge in [0.1, 0.15) is 0 Å². The van der Waals surface area contributed by atoms with Crippen LogP contribution in [0.5, 0.6) is 0 Å². The zero-order chi connectivity index (χ0) is 23.9. The summed E-state index contributed by atoms with van der Waals surface area (Å²) in [5.41, 5.74) is 7.94. The molecular weight excluding hydrogens is 450 g/mol. The second-order valence-electron chi connectivity index (χ2n) is 9.81. The number of hydrogen-bond donors (Lipinski definition) is 1. The van der Waals surface area contributed by atoms with Gasteiger partial charge in [-0.1, -0.05) is 30.3 Å². The van der Waals surface area contributed by atoms with E-state index in [0.29, 0.717) is 5.89 Å². The van der Waals surface area contributed by atoms with Gasteiger partial charge < -0.3 is 9.15 Å². The van der Waals surface area contributed by atoms with Gasteiger partial charge in [-0.15, -0.1) is 10.2 Å². The van der Waals surface area contributed by atoms with Crippen LogP contribution in [0.2, 0.25) is 0 Å². The molecule has 1 unspecified atom stereocenters. The number of aromatic amines is 1. The van der Waals surface area contributed by atoms with Crippen LogP contribution in [0, 0.1) is 0 Å². The zero-order valence-electron chi connectivity index (χ0n) is 20.0. The number of rotatable bonds is 5. The van der Waals surface area contributed by atoms with E-state index in [-0.39, 0.29) is 5.92 Å². The summed E-state index contributed by atoms with van der Waals surface area (Å²) in [5, 5.41) is 17.8. The quantitative estimate of drug-likeness (QED) is 0.382. The number of aromatic nitrogens is 4. The van der Waals surface area contributed by atoms with Gasteiger partial charge in [0.05, 0.1) is 29.7 Å². The van der Waals surface area contributed by atoms with Gasteiger partial charge in [0.25, 0.3) is 0 Å². The molecule has 0 saturated carbocycles. The van der Waals surface area contributed by atoms with Crippen molar-refractivity contribution in [2.24, 2.45) is 0 Å². The first-order valence-corrected chi connectivity index (χ1v) is 12.6. The Morgan fingerprint density at radius 2 is 2.00 bits per heavy atom. The summed E-state index contributed by atoms with van der Waals surface area (Å²) in [7, 11) is 0. The number of benzene rings is 2. The molecule has 4 aromatic rings. The third-order valence-electron chi connectivity index (χ3n) is 7.48. The summed E-state index contributed by atoms with van der Waals surface area (Å²) in [4.78, 5) is 2.49. The number of nitrogens with one attached hydrogen (secondary N) is 1. The number of hydrogen-bond acceptors (Lipinski definition) is 6. The third-order valence-corrected chi connectivity index (χ3v) is 7.48. The average molecular weight is 478 g/mol. The fourth-order valence-corrected chi connectivity index (χ4v) is 5.66. The van der Waals surface area contributed by atoms with Gasteiger partial charge in [-0.3, -0.25) is 10.00 Å². The molecule has 36 heavy (non-hydrogen) atoms. The summed E-state index contributed by atoms with van der Waals surface area (Å²) in [6, 6.07) is 16.8. The van der Waals surface area contributed by atoms with Crippen molar-refractivity contribution in [2.75, 3.05) is 13.1 Å². The van der Waals surface area contributed by atoms with Crippen molar-refractivity contribution in [1.29, 1.82) is 0 Å². The van der Waals surface area contributed by atoms with Crippen molar-refractivity contribution in [1.82, 2.24) is 25.3 Å². The van der Waals surface area contributed by atoms with Crippen molar-refractivity contribution >= 4 is 16.5 Å². The van der Waals surface area contributed by atoms with Crippen LogP contribution in [0.4, 0.5) is 0 Å². The number of ether oxygens (including phenoxy) is 1. The van der Waals surface area contributed by atoms with E-state index in [1.807, 2.05) is 24.5 Å². The predicted molar refractivity (Wildman–Crippen MR) is 138 cm³/mol. The lowest BCUT2D eigenvalue weighted by Crippen LogP contribution is -2.34. The third kappa shape index (κ3) is 3.85. The van der Waals surface area contributed by atoms with Gasteiger partial charge >= 0.3 is 0 Å². The highest BCUT2D eigenvalue weighted by atomic mass is 16.5. The van der Waals surface area contributed by atoms with Crippen LogP contribution in [0.25, 0.3) is 27.9 Å². The smallest absolute Gasteiger partial charge is 0.247 e. The molecule has 2 aromatic carbocycles. The van der Waals surface area contributed by atoms with Crippen LogP contribution in [0.15, 0.2) is 82.7 Å². The molecule has 4 heterocycles. The fraction of sp³-hybridized carbons (Fsp3) is 0.276. The normalized spacial score (nSPS) is 20.0. The highest BCUT2D eigenvalue weighted by Crippen LogP contribution is 2.41. The van der Waals surface area contributed by atoms with E-state index in [2.05, 4.69) is 61.7 Å². The van der Waals surface area contributed by atoms with Crippen molar-refractivity contribution in [3.8, 4) is 11.5 Å². The van der Waals surface area contributed by atoms with Crippen LogP contribution >= 0.6 is 0 Å². The monoisotopic (exact) mass is 477 g/mol. The van der Waals surface area contributed by atoms with Gasteiger partial charge in [-0.05, 0) is 78.8 Å². The lowest BCUT2D eigenvalue weighted by Gasteiger charge is -2.31. The number of H-pyrrole nitrogens is 1. The molecule has 0 amide bonds. The van der Waals surface area contributed by atoms with E-state index in [1.165, 1.54) is 22.3 Å². The molecule has 7 heteroatoms. The van der Waals surface area contributed by atoms with Gasteiger partial charge in [-0.25, -0.2) is 0 Å². The Balaban J connectivity index is 1.15. The molecule has 1 N–H and O–H groups in total. The maximum absolute atomic E-state index is 6.26. The number of allylic oxidation sites excluding steroid dienone is 4. The number of likely N-dealkylation sites (tertiary alicyclic amines) is 1. The molecule has 2 aliphatic heterocycles. The predicted octanol–water partition coefficient (Wildman–Crippen LogP) is 5.97. The Labute approximate surface area is 209 Å². The largest absolute Gasteiger partial charge is 0.472 e. The van der Waals surface area contributed by atoms with Gasteiger partial charge in [0, 0.05) is 24.0 Å². The molecule has 1 fully saturated rings. The SMILES string of the molecule is C1=CC2=C(c3n[nH]c4ccc(-c5nnc(C6CCCN(Cc7ccccc7)C6)o5)cc34)CCC2=CO1. The lowest BCUT2D eigenvalue weighted by molar-refractivity contribution is 0.186. The first kappa shape index (κ1) is 21.3. The molecule has 1 atom stereocenters. The molecule has 0 bridgehead atoms. The second-order valence-corrected chi connectivity index (χ2v) is 9.81. The van der Waals surface area contributed by atoms with Crippen LogP contribution in [-0.2, 0) is 11.3 Å². The van der Waals surface area contributed by atoms with Crippen LogP contribution in [0.1, 0.15) is 48.7 Å². The molecule has 0 radical (unpaired) electrons. The molecule has 180 valence electrons. The topological polar surface area (TPSA) is 80.1 Å². The van der Waals surface area contributed by atoms with Gasteiger partial charge in [-0.2, -0.15) is 5.10 Å². The summed E-state index contributed by atoms with van der Waals surface area (Å²) < 4.78 is 11.6. The average Bonchev–Trinajstić information content (AvgIpc) is 3.67. The minimum absolute atomic E-state index is 0.257. The minimum atomic E-state index is 0.257. The van der Waals surface area contributed by atoms with E-state index in [4.69, 9.17) is 9.15 Å². The van der Waals surface area contributed by atoms with Gasteiger partial charge in [0.15, 0.2) is 0 Å². The Bertz CT molecular complexity index is 1510. The summed E-state index contributed by atoms with van der Waals surface area (Å²) in [5.74, 6) is 1.56. The molecule has 7 rings (SSSR count). The Morgan fingerprint density at radius 3 is 2.94 bits per heavy atom. The van der Waals surface area contributed by atoms with Crippen molar-refractivity contribution in [2.45, 2.75) is 38.1 Å². The zero-order valence-corrected chi connectivity index (χ0v) is 20.0. The first-order chi connectivity index (χ1) is 17.8. The Hall–Kier alpha value is -3.97. The highest BCUT2D eigenvalue weighted by Gasteiger charge is 2.27. The lowest BCUT2D eigenvalue weighted by atomic mass is 9.97. The summed E-state index contributed by atoms with van der Waals surface area (Å²) >= 11 is 0. The Kier molecular flexibility index (Phi) is 5.28. The highest BCUT2D eigenvalue weighted by molar-refractivity contribution is 5.95. The van der Waals surface area contributed by atoms with Crippen LogP contribution in [0.3, 0.4) is 0 Å². The number of fused-ring (bicyclic) bond motifs is 2. The van der Waals surface area contributed by atoms with E-state index in [9.17, 15) is 0 Å². The molecule has 7 nitrogen and oxygen atoms in total. The van der Waals surface area contributed by atoms with E-state index in [1.54, 1.807) is 6.26 Å². The van der Waals surface area contributed by atoms with E-state index >= 15 is 0 Å². The number of piperidine rings is 1. The van der Waals surface area contributed by atoms with Crippen LogP contribution in [-0.4, -0.2) is 38.4 Å². The second kappa shape index (κ2) is 8.91. The molecule has 1 aliphatic carbocycles. The number of nitrogens with zero attached hydrogens (tertiary/aromatic N) is 4. The summed E-state index contributed by atoms with van der Waals surface area (Å²) in [6.07, 6.45) is 9.74. The molecule has 2 aromatic heterocycles. The summed E-state index contributed by atoms with van der Waals surface area (Å²) in [6.45, 7) is 2.99. The van der Waals surface area contributed by atoms with Crippen LogP contribution < -0.4 is 0 Å². The molecule has 3 aliphatic rings. The van der Waals surface area contributed by atoms with Crippen molar-refractivity contribution in [3.63, 3.8) is 0 Å². The molecule has 1 saturated heterocycles. The van der Waals surface area contributed by atoms with Gasteiger partial charge in [0.2, 0.25) is 11.8 Å². The molecule has 0 spiro atoms. The molecular formula is C29H27N5O2. The van der Waals surface area contributed by atoms with E-state index < -0.39 is 0 Å². The fourth-order valence-electron chi connectivity index (χ4n) is 5.66. The van der Waals surface area contributed by atoms with Crippen molar-refractivity contribution in [3.05, 3.63) is 95.4 Å². The van der Waals surface area contributed by atoms with E-state index in [0.717, 1.165) is 73.4 Å². The maximum Gasteiger partial charge on any atom is 0.247 e. The first-order valence-electron chi connectivity index (χ1n) is 12.6. The maximum atomic E-state index is 6.26. The van der Waals surface area contributed by atoms with Crippen molar-refractivity contribution < 1.29 is 9.15 Å². The Morgan fingerprint density at radius 1 is 1.06 bits per heavy atom.